The van der Waals surface area contributed by atoms with E-state index in [1.165, 1.54) is 18.4 Å². The van der Waals surface area contributed by atoms with E-state index in [0.29, 0.717) is 18.6 Å². The molecule has 2 aromatic rings. The van der Waals surface area contributed by atoms with Gasteiger partial charge in [0.2, 0.25) is 5.95 Å². The van der Waals surface area contributed by atoms with Crippen molar-refractivity contribution in [1.82, 2.24) is 15.3 Å². The minimum Gasteiger partial charge on any atom is -0.494 e. The number of ether oxygens (including phenoxy) is 1. The van der Waals surface area contributed by atoms with E-state index in [0.717, 1.165) is 47.9 Å². The van der Waals surface area contributed by atoms with Gasteiger partial charge in [-0.1, -0.05) is 15.9 Å². The number of anilines is 2. The molecule has 0 aliphatic heterocycles. The minimum absolute atomic E-state index is 0.457. The van der Waals surface area contributed by atoms with Crippen molar-refractivity contribution in [1.29, 1.82) is 0 Å². The van der Waals surface area contributed by atoms with Gasteiger partial charge in [-0.15, -0.1) is 0 Å². The summed E-state index contributed by atoms with van der Waals surface area (Å²) in [4.78, 5) is 10.9. The zero-order valence-electron chi connectivity index (χ0n) is 17.6. The number of hydrogen-bond acceptors (Lipinski definition) is 6. The summed E-state index contributed by atoms with van der Waals surface area (Å²) in [6.07, 6.45) is 6.56. The Morgan fingerprint density at radius 1 is 1.17 bits per heavy atom. The van der Waals surface area contributed by atoms with Gasteiger partial charge >= 0.3 is 0 Å². The average Bonchev–Trinajstić information content (AvgIpc) is 2.71. The molecule has 1 aliphatic rings. The van der Waals surface area contributed by atoms with Crippen LogP contribution in [0, 0.1) is 5.92 Å². The van der Waals surface area contributed by atoms with Crippen molar-refractivity contribution in [2.45, 2.75) is 45.2 Å². The Bertz CT molecular complexity index is 778. The van der Waals surface area contributed by atoms with Gasteiger partial charge in [0.05, 0.1) is 6.61 Å². The topological polar surface area (TPSA) is 62.3 Å². The van der Waals surface area contributed by atoms with Crippen LogP contribution in [0.4, 0.5) is 11.8 Å². The largest absolute Gasteiger partial charge is 0.494 e. The van der Waals surface area contributed by atoms with Crippen molar-refractivity contribution >= 4 is 27.7 Å². The van der Waals surface area contributed by atoms with Gasteiger partial charge in [0.1, 0.15) is 11.6 Å². The molecule has 0 unspecified atom stereocenters. The van der Waals surface area contributed by atoms with Crippen molar-refractivity contribution < 1.29 is 4.74 Å². The number of halogens is 1. The van der Waals surface area contributed by atoms with Crippen LogP contribution in [0.2, 0.25) is 0 Å². The molecule has 7 heteroatoms. The lowest BCUT2D eigenvalue weighted by molar-refractivity contribution is 0.318. The molecule has 1 aromatic heterocycles. The maximum atomic E-state index is 5.74. The summed E-state index contributed by atoms with van der Waals surface area (Å²) >= 11 is 3.56. The van der Waals surface area contributed by atoms with E-state index in [-0.39, 0.29) is 0 Å². The molecule has 3 rings (SSSR count). The van der Waals surface area contributed by atoms with Crippen LogP contribution in [0.5, 0.6) is 5.75 Å². The highest BCUT2D eigenvalue weighted by molar-refractivity contribution is 9.10. The van der Waals surface area contributed by atoms with Gasteiger partial charge in [-0.25, -0.2) is 4.98 Å². The van der Waals surface area contributed by atoms with E-state index < -0.39 is 0 Å². The Labute approximate surface area is 182 Å². The number of hydrogen-bond donors (Lipinski definition) is 2. The van der Waals surface area contributed by atoms with Crippen molar-refractivity contribution in [2.24, 2.45) is 5.92 Å². The van der Waals surface area contributed by atoms with Crippen LogP contribution < -0.4 is 20.3 Å². The van der Waals surface area contributed by atoms with E-state index in [1.54, 1.807) is 0 Å². The Morgan fingerprint density at radius 3 is 2.69 bits per heavy atom. The van der Waals surface area contributed by atoms with Crippen molar-refractivity contribution in [3.05, 3.63) is 40.5 Å². The lowest BCUT2D eigenvalue weighted by Crippen LogP contribution is -2.31. The van der Waals surface area contributed by atoms with Gasteiger partial charge in [0, 0.05) is 42.9 Å². The SMILES string of the molecule is CCOc1ccc(Br)cc1CNC[C@H]1CC[C@@H](Nc2nccc(N(C)C)n2)CC1. The summed E-state index contributed by atoms with van der Waals surface area (Å²) < 4.78 is 6.83. The zero-order chi connectivity index (χ0) is 20.6. The predicted molar refractivity (Wildman–Crippen MR) is 123 cm³/mol. The van der Waals surface area contributed by atoms with Crippen molar-refractivity contribution in [2.75, 3.05) is 37.5 Å². The quantitative estimate of drug-likeness (QED) is 0.574. The molecule has 0 saturated heterocycles. The van der Waals surface area contributed by atoms with Crippen LogP contribution >= 0.6 is 15.9 Å². The summed E-state index contributed by atoms with van der Waals surface area (Å²) in [6.45, 7) is 4.58. The molecule has 158 valence electrons. The highest BCUT2D eigenvalue weighted by Crippen LogP contribution is 2.27. The third-order valence-corrected chi connectivity index (χ3v) is 5.84. The van der Waals surface area contributed by atoms with Crippen molar-refractivity contribution in [3.63, 3.8) is 0 Å². The monoisotopic (exact) mass is 461 g/mol. The highest BCUT2D eigenvalue weighted by Gasteiger charge is 2.21. The summed E-state index contributed by atoms with van der Waals surface area (Å²) in [7, 11) is 3.99. The zero-order valence-corrected chi connectivity index (χ0v) is 19.2. The Balaban J connectivity index is 1.42. The molecular formula is C22H32BrN5O. The Kier molecular flexibility index (Phi) is 8.12. The molecule has 0 bridgehead atoms. The lowest BCUT2D eigenvalue weighted by Gasteiger charge is -2.29. The summed E-state index contributed by atoms with van der Waals surface area (Å²) in [5, 5.41) is 7.15. The van der Waals surface area contributed by atoms with Gasteiger partial charge in [-0.3, -0.25) is 0 Å². The molecule has 1 aromatic carbocycles. The first-order valence-electron chi connectivity index (χ1n) is 10.4. The number of aromatic nitrogens is 2. The molecule has 0 spiro atoms. The second kappa shape index (κ2) is 10.8. The molecular weight excluding hydrogens is 430 g/mol. The summed E-state index contributed by atoms with van der Waals surface area (Å²) in [5.41, 5.74) is 1.20. The molecule has 0 atom stereocenters. The molecule has 1 saturated carbocycles. The number of nitrogens with one attached hydrogen (secondary N) is 2. The maximum Gasteiger partial charge on any atom is 0.224 e. The smallest absolute Gasteiger partial charge is 0.224 e. The Morgan fingerprint density at radius 2 is 1.97 bits per heavy atom. The number of benzene rings is 1. The standard InChI is InChI=1S/C22H32BrN5O/c1-4-29-20-10-7-18(23)13-17(20)15-24-14-16-5-8-19(9-6-16)26-22-25-12-11-21(27-22)28(2)3/h7,10-13,16,19,24H,4-6,8-9,14-15H2,1-3H3,(H,25,26,27)/t16-,19+. The van der Waals surface area contributed by atoms with Crippen LogP contribution in [0.3, 0.4) is 0 Å². The second-order valence-electron chi connectivity index (χ2n) is 7.81. The summed E-state index contributed by atoms with van der Waals surface area (Å²) in [6, 6.07) is 8.59. The molecule has 1 aliphatic carbocycles. The van der Waals surface area contributed by atoms with E-state index in [2.05, 4.69) is 42.6 Å². The van der Waals surface area contributed by atoms with E-state index in [9.17, 15) is 0 Å². The number of nitrogens with zero attached hydrogens (tertiary/aromatic N) is 3. The lowest BCUT2D eigenvalue weighted by atomic mass is 9.86. The van der Waals surface area contributed by atoms with Crippen LogP contribution in [0.25, 0.3) is 0 Å². The molecule has 6 nitrogen and oxygen atoms in total. The van der Waals surface area contributed by atoms with Crippen LogP contribution in [0.1, 0.15) is 38.2 Å². The maximum absolute atomic E-state index is 5.74. The van der Waals surface area contributed by atoms with E-state index in [1.807, 2.05) is 50.3 Å². The van der Waals surface area contributed by atoms with Crippen LogP contribution in [-0.4, -0.2) is 43.3 Å². The van der Waals surface area contributed by atoms with Crippen LogP contribution in [0.15, 0.2) is 34.9 Å². The number of rotatable bonds is 9. The van der Waals surface area contributed by atoms with Gasteiger partial charge in [0.15, 0.2) is 0 Å². The fourth-order valence-corrected chi connectivity index (χ4v) is 4.16. The van der Waals surface area contributed by atoms with E-state index >= 15 is 0 Å². The third kappa shape index (κ3) is 6.57. The van der Waals surface area contributed by atoms with Crippen molar-refractivity contribution in [3.8, 4) is 5.75 Å². The molecule has 1 fully saturated rings. The molecule has 2 N–H and O–H groups in total. The third-order valence-electron chi connectivity index (χ3n) is 5.35. The normalized spacial score (nSPS) is 19.0. The first kappa shape index (κ1) is 21.8. The van der Waals surface area contributed by atoms with E-state index in [4.69, 9.17) is 4.74 Å². The van der Waals surface area contributed by atoms with Gasteiger partial charge < -0.3 is 20.3 Å². The van der Waals surface area contributed by atoms with Gasteiger partial charge in [-0.05, 0) is 69.3 Å². The van der Waals surface area contributed by atoms with Crippen LogP contribution in [-0.2, 0) is 6.54 Å². The first-order chi connectivity index (χ1) is 14.0. The first-order valence-corrected chi connectivity index (χ1v) is 11.2. The molecule has 0 amide bonds. The van der Waals surface area contributed by atoms with Gasteiger partial charge in [-0.2, -0.15) is 4.98 Å². The fourth-order valence-electron chi connectivity index (χ4n) is 3.75. The molecule has 0 radical (unpaired) electrons. The summed E-state index contributed by atoms with van der Waals surface area (Å²) in [5.74, 6) is 3.34. The fraction of sp³-hybridized carbons (Fsp3) is 0.545. The second-order valence-corrected chi connectivity index (χ2v) is 8.73. The van der Waals surface area contributed by atoms with Gasteiger partial charge in [0.25, 0.3) is 0 Å². The predicted octanol–water partition coefficient (Wildman–Crippen LogP) is 4.46. The highest BCUT2D eigenvalue weighted by atomic mass is 79.9. The molecule has 1 heterocycles. The minimum atomic E-state index is 0.457. The average molecular weight is 462 g/mol. The molecule has 29 heavy (non-hydrogen) atoms. The Hall–Kier alpha value is -1.86.